The Morgan fingerprint density at radius 3 is 2.53 bits per heavy atom. The first-order valence-corrected chi connectivity index (χ1v) is 10.0. The van der Waals surface area contributed by atoms with Crippen molar-refractivity contribution in [2.45, 2.75) is 13.8 Å². The van der Waals surface area contributed by atoms with Crippen molar-refractivity contribution in [1.29, 1.82) is 0 Å². The average Bonchev–Trinajstić information content (AvgIpc) is 2.81. The fourth-order valence-electron chi connectivity index (χ4n) is 2.90. The highest BCUT2D eigenvalue weighted by Gasteiger charge is 2.08. The van der Waals surface area contributed by atoms with Gasteiger partial charge in [-0.05, 0) is 66.9 Å². The summed E-state index contributed by atoms with van der Waals surface area (Å²) in [5.74, 6) is 0.510. The van der Waals surface area contributed by atoms with Crippen LogP contribution in [0.15, 0.2) is 71.8 Å². The number of rotatable bonds is 8. The van der Waals surface area contributed by atoms with Gasteiger partial charge in [0.05, 0.1) is 13.3 Å². The molecule has 2 amide bonds. The zero-order chi connectivity index (χ0) is 22.9. The van der Waals surface area contributed by atoms with Crippen LogP contribution in [0.1, 0.15) is 27.0 Å². The van der Waals surface area contributed by atoms with Gasteiger partial charge in [-0.15, -0.1) is 0 Å². The number of hydrogen-bond acceptors (Lipinski definition) is 5. The lowest BCUT2D eigenvalue weighted by Gasteiger charge is -2.11. The Hall–Kier alpha value is -4.13. The summed E-state index contributed by atoms with van der Waals surface area (Å²) in [6.45, 7) is 3.83. The predicted octanol–water partition coefficient (Wildman–Crippen LogP) is 4.09. The van der Waals surface area contributed by atoms with Gasteiger partial charge in [-0.1, -0.05) is 30.3 Å². The minimum Gasteiger partial charge on any atom is -0.497 e. The fraction of sp³-hybridized carbons (Fsp3) is 0.160. The molecule has 164 valence electrons. The molecular weight excluding hydrogens is 406 g/mol. The normalized spacial score (nSPS) is 10.6. The van der Waals surface area contributed by atoms with Crippen molar-refractivity contribution in [2.75, 3.05) is 19.0 Å². The first-order chi connectivity index (χ1) is 15.5. The number of aryl methyl sites for hydroxylation is 1. The number of ether oxygens (including phenoxy) is 2. The third-order valence-electron chi connectivity index (χ3n) is 4.82. The van der Waals surface area contributed by atoms with E-state index >= 15 is 0 Å². The summed E-state index contributed by atoms with van der Waals surface area (Å²) in [6, 6.07) is 19.6. The van der Waals surface area contributed by atoms with Crippen LogP contribution in [0.3, 0.4) is 0 Å². The van der Waals surface area contributed by atoms with E-state index in [0.717, 1.165) is 16.8 Å². The Labute approximate surface area is 187 Å². The minimum atomic E-state index is -0.351. The smallest absolute Gasteiger partial charge is 0.271 e. The van der Waals surface area contributed by atoms with E-state index in [1.807, 2.05) is 38.1 Å². The first kappa shape index (κ1) is 22.6. The maximum atomic E-state index is 12.2. The summed E-state index contributed by atoms with van der Waals surface area (Å²) >= 11 is 0. The van der Waals surface area contributed by atoms with Gasteiger partial charge in [0, 0.05) is 11.3 Å². The number of carbonyl (C=O) groups excluding carboxylic acids is 2. The second kappa shape index (κ2) is 10.8. The van der Waals surface area contributed by atoms with Crippen LogP contribution in [-0.4, -0.2) is 31.7 Å². The largest absolute Gasteiger partial charge is 0.497 e. The molecule has 3 aromatic carbocycles. The molecule has 0 heterocycles. The highest BCUT2D eigenvalue weighted by atomic mass is 16.5. The number of benzene rings is 3. The van der Waals surface area contributed by atoms with E-state index in [-0.39, 0.29) is 18.4 Å². The molecule has 3 rings (SSSR count). The number of anilines is 1. The molecule has 0 aliphatic heterocycles. The molecule has 0 bridgehead atoms. The summed E-state index contributed by atoms with van der Waals surface area (Å²) in [4.78, 5) is 24.4. The summed E-state index contributed by atoms with van der Waals surface area (Å²) in [5.41, 5.74) is 6.52. The average molecular weight is 431 g/mol. The third-order valence-corrected chi connectivity index (χ3v) is 4.82. The molecule has 0 fully saturated rings. The molecule has 0 radical (unpaired) electrons. The molecule has 0 spiro atoms. The van der Waals surface area contributed by atoms with Gasteiger partial charge in [-0.3, -0.25) is 9.59 Å². The highest BCUT2D eigenvalue weighted by Crippen LogP contribution is 2.18. The predicted molar refractivity (Wildman–Crippen MR) is 125 cm³/mol. The second-order valence-corrected chi connectivity index (χ2v) is 7.09. The standard InChI is InChI=1S/C25H25N3O4/c1-17-7-4-12-23(18(17)2)27-24(29)16-32-22-11-5-8-19(13-22)15-26-28-25(30)20-9-6-10-21(14-20)31-3/h4-15H,16H2,1-3H3,(H,27,29)(H,28,30)/b26-15+. The van der Waals surface area contributed by atoms with Crippen LogP contribution in [0.2, 0.25) is 0 Å². The van der Waals surface area contributed by atoms with Gasteiger partial charge in [-0.25, -0.2) is 5.43 Å². The van der Waals surface area contributed by atoms with Crippen LogP contribution >= 0.6 is 0 Å². The molecule has 0 aliphatic rings. The van der Waals surface area contributed by atoms with E-state index in [1.54, 1.807) is 42.5 Å². The molecule has 0 unspecified atom stereocenters. The minimum absolute atomic E-state index is 0.124. The molecule has 0 atom stereocenters. The van der Waals surface area contributed by atoms with Crippen molar-refractivity contribution in [1.82, 2.24) is 5.43 Å². The molecule has 3 aromatic rings. The molecule has 2 N–H and O–H groups in total. The lowest BCUT2D eigenvalue weighted by Crippen LogP contribution is -2.20. The first-order valence-electron chi connectivity index (χ1n) is 10.0. The number of methoxy groups -OCH3 is 1. The van der Waals surface area contributed by atoms with Gasteiger partial charge < -0.3 is 14.8 Å². The number of nitrogens with one attached hydrogen (secondary N) is 2. The summed E-state index contributed by atoms with van der Waals surface area (Å²) < 4.78 is 10.7. The Balaban J connectivity index is 1.54. The topological polar surface area (TPSA) is 89.0 Å². The van der Waals surface area contributed by atoms with Crippen molar-refractivity contribution >= 4 is 23.7 Å². The van der Waals surface area contributed by atoms with E-state index in [1.165, 1.54) is 13.3 Å². The van der Waals surface area contributed by atoms with Gasteiger partial charge in [-0.2, -0.15) is 5.10 Å². The van der Waals surface area contributed by atoms with Crippen LogP contribution in [0.25, 0.3) is 0 Å². The quantitative estimate of drug-likeness (QED) is 0.415. The lowest BCUT2D eigenvalue weighted by atomic mass is 10.1. The molecule has 7 heteroatoms. The van der Waals surface area contributed by atoms with E-state index in [0.29, 0.717) is 22.6 Å². The van der Waals surface area contributed by atoms with Crippen molar-refractivity contribution < 1.29 is 19.1 Å². The summed E-state index contributed by atoms with van der Waals surface area (Å²) in [7, 11) is 1.54. The molecule has 0 saturated heterocycles. The van der Waals surface area contributed by atoms with Gasteiger partial charge in [0.15, 0.2) is 6.61 Å². The van der Waals surface area contributed by atoms with Gasteiger partial charge in [0.2, 0.25) is 0 Å². The molecule has 0 aliphatic carbocycles. The van der Waals surface area contributed by atoms with Crippen LogP contribution in [0.4, 0.5) is 5.69 Å². The van der Waals surface area contributed by atoms with Gasteiger partial charge in [0.1, 0.15) is 11.5 Å². The van der Waals surface area contributed by atoms with Crippen molar-refractivity contribution in [3.05, 3.63) is 89.0 Å². The van der Waals surface area contributed by atoms with E-state index in [2.05, 4.69) is 15.8 Å². The summed E-state index contributed by atoms with van der Waals surface area (Å²) in [6.07, 6.45) is 1.50. The molecule has 0 saturated carbocycles. The lowest BCUT2D eigenvalue weighted by molar-refractivity contribution is -0.118. The van der Waals surface area contributed by atoms with E-state index in [9.17, 15) is 9.59 Å². The third kappa shape index (κ3) is 6.18. The number of hydrogen-bond donors (Lipinski definition) is 2. The number of nitrogens with zero attached hydrogens (tertiary/aromatic N) is 1. The summed E-state index contributed by atoms with van der Waals surface area (Å²) in [5, 5.41) is 6.84. The van der Waals surface area contributed by atoms with Crippen LogP contribution in [0.5, 0.6) is 11.5 Å². The monoisotopic (exact) mass is 431 g/mol. The second-order valence-electron chi connectivity index (χ2n) is 7.09. The molecule has 7 nitrogen and oxygen atoms in total. The molecule has 32 heavy (non-hydrogen) atoms. The Kier molecular flexibility index (Phi) is 7.59. The van der Waals surface area contributed by atoms with Crippen molar-refractivity contribution in [3.8, 4) is 11.5 Å². The van der Waals surface area contributed by atoms with Gasteiger partial charge in [0.25, 0.3) is 11.8 Å². The molecule has 0 aromatic heterocycles. The van der Waals surface area contributed by atoms with Crippen LogP contribution < -0.4 is 20.2 Å². The number of carbonyl (C=O) groups is 2. The molecular formula is C25H25N3O4. The number of amides is 2. The maximum Gasteiger partial charge on any atom is 0.271 e. The van der Waals surface area contributed by atoms with Gasteiger partial charge >= 0.3 is 0 Å². The Bertz CT molecular complexity index is 1140. The Morgan fingerprint density at radius 1 is 0.969 bits per heavy atom. The SMILES string of the molecule is COc1cccc(C(=O)N/N=C/c2cccc(OCC(=O)Nc3cccc(C)c3C)c2)c1. The zero-order valence-corrected chi connectivity index (χ0v) is 18.2. The van der Waals surface area contributed by atoms with Crippen LogP contribution in [0, 0.1) is 13.8 Å². The highest BCUT2D eigenvalue weighted by molar-refractivity contribution is 5.95. The van der Waals surface area contributed by atoms with Crippen molar-refractivity contribution in [2.24, 2.45) is 5.10 Å². The zero-order valence-electron chi connectivity index (χ0n) is 18.2. The van der Waals surface area contributed by atoms with E-state index < -0.39 is 0 Å². The fourth-order valence-corrected chi connectivity index (χ4v) is 2.90. The van der Waals surface area contributed by atoms with E-state index in [4.69, 9.17) is 9.47 Å². The number of hydrazone groups is 1. The van der Waals surface area contributed by atoms with Crippen LogP contribution in [-0.2, 0) is 4.79 Å². The Morgan fingerprint density at radius 2 is 1.72 bits per heavy atom. The maximum absolute atomic E-state index is 12.2. The van der Waals surface area contributed by atoms with Crippen molar-refractivity contribution in [3.63, 3.8) is 0 Å².